The fourth-order valence-corrected chi connectivity index (χ4v) is 1.51. The van der Waals surface area contributed by atoms with Crippen LogP contribution in [0.3, 0.4) is 0 Å². The molecule has 1 atom stereocenters. The molecule has 0 spiro atoms. The first-order valence-corrected chi connectivity index (χ1v) is 5.82. The van der Waals surface area contributed by atoms with E-state index in [4.69, 9.17) is 4.74 Å². The van der Waals surface area contributed by atoms with Crippen molar-refractivity contribution in [3.05, 3.63) is 48.6 Å². The van der Waals surface area contributed by atoms with E-state index in [0.717, 1.165) is 5.56 Å². The van der Waals surface area contributed by atoms with Crippen LogP contribution in [0.2, 0.25) is 0 Å². The molecule has 0 aliphatic heterocycles. The lowest BCUT2D eigenvalue weighted by Gasteiger charge is -2.15. The van der Waals surface area contributed by atoms with Crippen molar-refractivity contribution in [1.29, 1.82) is 0 Å². The topological polar surface area (TPSA) is 38.3 Å². The second kappa shape index (κ2) is 7.63. The average molecular weight is 233 g/mol. The quantitative estimate of drug-likeness (QED) is 0.580. The first kappa shape index (κ1) is 13.5. The van der Waals surface area contributed by atoms with Crippen molar-refractivity contribution in [1.82, 2.24) is 5.32 Å². The van der Waals surface area contributed by atoms with Crippen LogP contribution < -0.4 is 5.32 Å². The average Bonchev–Trinajstić information content (AvgIpc) is 2.36. The molecule has 1 N–H and O–H groups in total. The molecule has 0 fully saturated rings. The molecule has 1 rings (SSSR count). The summed E-state index contributed by atoms with van der Waals surface area (Å²) in [6.07, 6.45) is 2.30. The van der Waals surface area contributed by atoms with Gasteiger partial charge in [-0.2, -0.15) is 0 Å². The molecule has 0 heterocycles. The number of hydrogen-bond donors (Lipinski definition) is 1. The highest BCUT2D eigenvalue weighted by Gasteiger charge is 2.17. The number of ether oxygens (including phenoxy) is 1. The van der Waals surface area contributed by atoms with Gasteiger partial charge in [-0.1, -0.05) is 36.4 Å². The lowest BCUT2D eigenvalue weighted by Crippen LogP contribution is -2.37. The van der Waals surface area contributed by atoms with Gasteiger partial charge in [-0.05, 0) is 18.9 Å². The van der Waals surface area contributed by atoms with Gasteiger partial charge in [0, 0.05) is 6.54 Å². The molecule has 0 bridgehead atoms. The lowest BCUT2D eigenvalue weighted by molar-refractivity contribution is -0.145. The summed E-state index contributed by atoms with van der Waals surface area (Å²) < 4.78 is 5.00. The van der Waals surface area contributed by atoms with Crippen molar-refractivity contribution in [3.63, 3.8) is 0 Å². The zero-order chi connectivity index (χ0) is 12.5. The van der Waals surface area contributed by atoms with Crippen LogP contribution in [0, 0.1) is 0 Å². The third-order valence-corrected chi connectivity index (χ3v) is 2.37. The molecule has 3 nitrogen and oxygen atoms in total. The number of benzene rings is 1. The predicted octanol–water partition coefficient (Wildman–Crippen LogP) is 2.28. The highest BCUT2D eigenvalue weighted by atomic mass is 16.5. The van der Waals surface area contributed by atoms with E-state index in [1.807, 2.05) is 30.3 Å². The molecule has 0 aromatic heterocycles. The zero-order valence-electron chi connectivity index (χ0n) is 10.2. The molecule has 0 aliphatic rings. The number of carbonyl (C=O) groups is 1. The van der Waals surface area contributed by atoms with Gasteiger partial charge in [-0.25, -0.2) is 0 Å². The van der Waals surface area contributed by atoms with Crippen LogP contribution in [0.25, 0.3) is 0 Å². The van der Waals surface area contributed by atoms with Gasteiger partial charge in [0.25, 0.3) is 0 Å². The maximum atomic E-state index is 11.6. The second-order valence-corrected chi connectivity index (χ2v) is 3.70. The first-order valence-electron chi connectivity index (χ1n) is 5.82. The van der Waals surface area contributed by atoms with Crippen molar-refractivity contribution < 1.29 is 9.53 Å². The Balaban J connectivity index is 2.49. The van der Waals surface area contributed by atoms with Crippen molar-refractivity contribution in [3.8, 4) is 0 Å². The Bertz CT molecular complexity index is 348. The molecular formula is C14H19NO2. The first-order chi connectivity index (χ1) is 8.27. The minimum absolute atomic E-state index is 0.219. The van der Waals surface area contributed by atoms with Crippen LogP contribution in [0.5, 0.6) is 0 Å². The Kier molecular flexibility index (Phi) is 6.04. The Morgan fingerprint density at radius 3 is 2.76 bits per heavy atom. The Morgan fingerprint density at radius 2 is 2.18 bits per heavy atom. The molecule has 92 valence electrons. The fraction of sp³-hybridized carbons (Fsp3) is 0.357. The summed E-state index contributed by atoms with van der Waals surface area (Å²) in [7, 11) is 0. The van der Waals surface area contributed by atoms with Crippen molar-refractivity contribution in [2.45, 2.75) is 25.9 Å². The molecule has 1 unspecified atom stereocenters. The number of rotatable bonds is 7. The van der Waals surface area contributed by atoms with Crippen LogP contribution in [0.1, 0.15) is 18.9 Å². The Morgan fingerprint density at radius 1 is 1.47 bits per heavy atom. The molecule has 0 saturated heterocycles. The number of carbonyl (C=O) groups excluding carboxylic acids is 1. The van der Waals surface area contributed by atoms with Crippen molar-refractivity contribution in [2.75, 3.05) is 6.61 Å². The number of nitrogens with one attached hydrogen (secondary N) is 1. The molecule has 0 saturated carbocycles. The van der Waals surface area contributed by atoms with Crippen LogP contribution in [0.15, 0.2) is 43.0 Å². The molecule has 0 amide bonds. The van der Waals surface area contributed by atoms with Gasteiger partial charge in [0.15, 0.2) is 0 Å². The normalized spacial score (nSPS) is 11.8. The maximum Gasteiger partial charge on any atom is 0.323 e. The van der Waals surface area contributed by atoms with Crippen molar-refractivity contribution in [2.24, 2.45) is 0 Å². The van der Waals surface area contributed by atoms with E-state index in [9.17, 15) is 4.79 Å². The van der Waals surface area contributed by atoms with Crippen LogP contribution in [-0.2, 0) is 16.1 Å². The lowest BCUT2D eigenvalue weighted by atomic mass is 10.1. The predicted molar refractivity (Wildman–Crippen MR) is 68.5 cm³/mol. The Hall–Kier alpha value is -1.61. The van der Waals surface area contributed by atoms with Crippen LogP contribution >= 0.6 is 0 Å². The van der Waals surface area contributed by atoms with Gasteiger partial charge in [-0.15, -0.1) is 6.58 Å². The Labute approximate surface area is 102 Å². The van der Waals surface area contributed by atoms with Gasteiger partial charge in [0.2, 0.25) is 0 Å². The molecule has 1 aromatic carbocycles. The standard InChI is InChI=1S/C14H19NO2/c1-3-8-13(14(16)17-4-2)15-11-12-9-6-5-7-10-12/h3,5-7,9-10,13,15H,1,4,8,11H2,2H3. The second-order valence-electron chi connectivity index (χ2n) is 3.70. The molecular weight excluding hydrogens is 214 g/mol. The monoisotopic (exact) mass is 233 g/mol. The maximum absolute atomic E-state index is 11.6. The third kappa shape index (κ3) is 4.83. The summed E-state index contributed by atoms with van der Waals surface area (Å²) in [5.74, 6) is -0.219. The number of hydrogen-bond acceptors (Lipinski definition) is 3. The zero-order valence-corrected chi connectivity index (χ0v) is 10.2. The van der Waals surface area contributed by atoms with Crippen molar-refractivity contribution >= 4 is 5.97 Å². The summed E-state index contributed by atoms with van der Waals surface area (Å²) in [5, 5.41) is 3.18. The van der Waals surface area contributed by atoms with Crippen LogP contribution in [0.4, 0.5) is 0 Å². The molecule has 1 aromatic rings. The van der Waals surface area contributed by atoms with Gasteiger partial charge >= 0.3 is 5.97 Å². The van der Waals surface area contributed by atoms with E-state index < -0.39 is 0 Å². The van der Waals surface area contributed by atoms with Gasteiger partial charge < -0.3 is 10.1 Å². The largest absolute Gasteiger partial charge is 0.465 e. The van der Waals surface area contributed by atoms with Gasteiger partial charge in [0.1, 0.15) is 6.04 Å². The summed E-state index contributed by atoms with van der Waals surface area (Å²) in [6.45, 7) is 6.51. The van der Waals surface area contributed by atoms with E-state index in [1.165, 1.54) is 0 Å². The molecule has 17 heavy (non-hydrogen) atoms. The SMILES string of the molecule is C=CCC(NCc1ccccc1)C(=O)OCC. The highest BCUT2D eigenvalue weighted by molar-refractivity contribution is 5.75. The summed E-state index contributed by atoms with van der Waals surface area (Å²) >= 11 is 0. The number of esters is 1. The summed E-state index contributed by atoms with van der Waals surface area (Å²) in [6, 6.07) is 9.64. The smallest absolute Gasteiger partial charge is 0.323 e. The molecule has 0 radical (unpaired) electrons. The highest BCUT2D eigenvalue weighted by Crippen LogP contribution is 2.02. The minimum Gasteiger partial charge on any atom is -0.465 e. The van der Waals surface area contributed by atoms with Gasteiger partial charge in [0.05, 0.1) is 6.61 Å². The minimum atomic E-state index is -0.312. The summed E-state index contributed by atoms with van der Waals surface area (Å²) in [4.78, 5) is 11.6. The fourth-order valence-electron chi connectivity index (χ4n) is 1.51. The van der Waals surface area contributed by atoms with Gasteiger partial charge in [-0.3, -0.25) is 4.79 Å². The third-order valence-electron chi connectivity index (χ3n) is 2.37. The molecule has 3 heteroatoms. The van der Waals surface area contributed by atoms with E-state index in [0.29, 0.717) is 19.6 Å². The summed E-state index contributed by atoms with van der Waals surface area (Å²) in [5.41, 5.74) is 1.14. The molecule has 0 aliphatic carbocycles. The van der Waals surface area contributed by atoms with E-state index >= 15 is 0 Å². The van der Waals surface area contributed by atoms with E-state index in [2.05, 4.69) is 11.9 Å². The van der Waals surface area contributed by atoms with E-state index in [-0.39, 0.29) is 12.0 Å². The van der Waals surface area contributed by atoms with Crippen LogP contribution in [-0.4, -0.2) is 18.6 Å². The van der Waals surface area contributed by atoms with E-state index in [1.54, 1.807) is 13.0 Å².